The first kappa shape index (κ1) is 12.0. The topological polar surface area (TPSA) is 92.9 Å². The van der Waals surface area contributed by atoms with Gasteiger partial charge in [-0.3, -0.25) is 4.79 Å². The van der Waals surface area contributed by atoms with E-state index in [0.29, 0.717) is 12.4 Å². The molecule has 7 heteroatoms. The Morgan fingerprint density at radius 3 is 2.78 bits per heavy atom. The number of anilines is 1. The molecule has 94 valence electrons. The van der Waals surface area contributed by atoms with Gasteiger partial charge in [-0.1, -0.05) is 5.16 Å². The largest absolute Gasteiger partial charge is 0.363 e. The Bertz CT molecular complexity index is 535. The lowest BCUT2D eigenvalue weighted by molar-refractivity contribution is 0.0957. The van der Waals surface area contributed by atoms with Crippen molar-refractivity contribution in [2.75, 3.05) is 12.4 Å². The van der Waals surface area contributed by atoms with Crippen molar-refractivity contribution in [2.45, 2.75) is 13.5 Å². The van der Waals surface area contributed by atoms with Crippen LogP contribution in [0.2, 0.25) is 0 Å². The summed E-state index contributed by atoms with van der Waals surface area (Å²) >= 11 is 0. The fourth-order valence-electron chi connectivity index (χ4n) is 1.36. The molecule has 2 aromatic rings. The molecular formula is C11H13N5O2. The molecule has 0 unspecified atom stereocenters. The third kappa shape index (κ3) is 2.82. The highest BCUT2D eigenvalue weighted by Gasteiger charge is 2.06. The zero-order valence-electron chi connectivity index (χ0n) is 10.1. The Morgan fingerprint density at radius 2 is 2.22 bits per heavy atom. The maximum absolute atomic E-state index is 11.3. The van der Waals surface area contributed by atoms with Crippen LogP contribution < -0.4 is 10.6 Å². The smallest absolute Gasteiger partial charge is 0.271 e. The second-order valence-electron chi connectivity index (χ2n) is 3.67. The van der Waals surface area contributed by atoms with Gasteiger partial charge in [-0.05, 0) is 19.1 Å². The number of carbonyl (C=O) groups excluding carboxylic acids is 1. The lowest BCUT2D eigenvalue weighted by Gasteiger charge is -2.02. The maximum Gasteiger partial charge on any atom is 0.271 e. The van der Waals surface area contributed by atoms with E-state index >= 15 is 0 Å². The van der Waals surface area contributed by atoms with Crippen LogP contribution in [0.3, 0.4) is 0 Å². The quantitative estimate of drug-likeness (QED) is 0.828. The first-order valence-corrected chi connectivity index (χ1v) is 5.41. The molecule has 0 saturated heterocycles. The molecule has 2 rings (SSSR count). The standard InChI is InChI=1S/C11H13N5O2/c1-7-5-8(16-18-7)6-13-10-4-3-9(14-15-10)11(17)12-2/h3-5H,6H2,1-2H3,(H,12,17)(H,13,15). The number of hydrogen-bond acceptors (Lipinski definition) is 6. The zero-order valence-corrected chi connectivity index (χ0v) is 10.1. The van der Waals surface area contributed by atoms with Crippen molar-refractivity contribution in [2.24, 2.45) is 0 Å². The predicted molar refractivity (Wildman–Crippen MR) is 64.0 cm³/mol. The number of amides is 1. The van der Waals surface area contributed by atoms with Crippen LogP contribution in [-0.4, -0.2) is 28.3 Å². The molecular weight excluding hydrogens is 234 g/mol. The predicted octanol–water partition coefficient (Wildman–Crippen LogP) is 0.745. The summed E-state index contributed by atoms with van der Waals surface area (Å²) in [4.78, 5) is 11.3. The molecule has 0 fully saturated rings. The van der Waals surface area contributed by atoms with Gasteiger partial charge in [-0.2, -0.15) is 0 Å². The van der Waals surface area contributed by atoms with Crippen LogP contribution in [0.1, 0.15) is 21.9 Å². The van der Waals surface area contributed by atoms with E-state index in [1.807, 2.05) is 13.0 Å². The van der Waals surface area contributed by atoms with Crippen molar-refractivity contribution in [3.05, 3.63) is 35.3 Å². The lowest BCUT2D eigenvalue weighted by Crippen LogP contribution is -2.19. The van der Waals surface area contributed by atoms with Crippen LogP contribution in [0.5, 0.6) is 0 Å². The molecule has 0 aliphatic rings. The number of nitrogens with zero attached hydrogens (tertiary/aromatic N) is 3. The van der Waals surface area contributed by atoms with Gasteiger partial charge in [0.1, 0.15) is 17.3 Å². The molecule has 1 amide bonds. The molecule has 0 atom stereocenters. The molecule has 0 bridgehead atoms. The highest BCUT2D eigenvalue weighted by Crippen LogP contribution is 2.06. The maximum atomic E-state index is 11.3. The molecule has 2 N–H and O–H groups in total. The van der Waals surface area contributed by atoms with Gasteiger partial charge >= 0.3 is 0 Å². The molecule has 7 nitrogen and oxygen atoms in total. The number of carbonyl (C=O) groups is 1. The molecule has 0 spiro atoms. The van der Waals surface area contributed by atoms with Crippen molar-refractivity contribution in [1.82, 2.24) is 20.7 Å². The highest BCUT2D eigenvalue weighted by molar-refractivity contribution is 5.91. The van der Waals surface area contributed by atoms with Crippen LogP contribution in [-0.2, 0) is 6.54 Å². The molecule has 0 saturated carbocycles. The fourth-order valence-corrected chi connectivity index (χ4v) is 1.36. The van der Waals surface area contributed by atoms with E-state index in [-0.39, 0.29) is 11.6 Å². The SMILES string of the molecule is CNC(=O)c1ccc(NCc2cc(C)on2)nn1. The van der Waals surface area contributed by atoms with Crippen molar-refractivity contribution >= 4 is 11.7 Å². The number of aromatic nitrogens is 3. The highest BCUT2D eigenvalue weighted by atomic mass is 16.5. The van der Waals surface area contributed by atoms with Gasteiger partial charge in [-0.15, -0.1) is 10.2 Å². The first-order chi connectivity index (χ1) is 8.69. The Hall–Kier alpha value is -2.44. The normalized spacial score (nSPS) is 10.1. The summed E-state index contributed by atoms with van der Waals surface area (Å²) in [6.07, 6.45) is 0. The van der Waals surface area contributed by atoms with Gasteiger partial charge in [-0.25, -0.2) is 0 Å². The number of rotatable bonds is 4. The minimum Gasteiger partial charge on any atom is -0.363 e. The van der Waals surface area contributed by atoms with Gasteiger partial charge < -0.3 is 15.2 Å². The van der Waals surface area contributed by atoms with Crippen molar-refractivity contribution < 1.29 is 9.32 Å². The Balaban J connectivity index is 1.96. The van der Waals surface area contributed by atoms with Gasteiger partial charge in [0.25, 0.3) is 5.91 Å². The van der Waals surface area contributed by atoms with E-state index in [9.17, 15) is 4.79 Å². The monoisotopic (exact) mass is 247 g/mol. The second-order valence-corrected chi connectivity index (χ2v) is 3.67. The van der Waals surface area contributed by atoms with E-state index in [0.717, 1.165) is 11.5 Å². The minimum absolute atomic E-state index is 0.263. The first-order valence-electron chi connectivity index (χ1n) is 5.41. The average Bonchev–Trinajstić information content (AvgIpc) is 2.82. The average molecular weight is 247 g/mol. The van der Waals surface area contributed by atoms with Crippen LogP contribution in [0, 0.1) is 6.92 Å². The van der Waals surface area contributed by atoms with Crippen LogP contribution in [0.25, 0.3) is 0 Å². The minimum atomic E-state index is -0.263. The van der Waals surface area contributed by atoms with Crippen molar-refractivity contribution in [1.29, 1.82) is 0 Å². The van der Waals surface area contributed by atoms with E-state index in [2.05, 4.69) is 26.0 Å². The summed E-state index contributed by atoms with van der Waals surface area (Å²) < 4.78 is 4.94. The Kier molecular flexibility index (Phi) is 3.52. The van der Waals surface area contributed by atoms with E-state index in [1.54, 1.807) is 19.2 Å². The van der Waals surface area contributed by atoms with Crippen molar-refractivity contribution in [3.63, 3.8) is 0 Å². The number of nitrogens with one attached hydrogen (secondary N) is 2. The summed E-state index contributed by atoms with van der Waals surface area (Å²) in [6, 6.07) is 5.12. The van der Waals surface area contributed by atoms with E-state index in [4.69, 9.17) is 4.52 Å². The van der Waals surface area contributed by atoms with E-state index in [1.165, 1.54) is 0 Å². The Morgan fingerprint density at radius 1 is 1.39 bits per heavy atom. The third-order valence-corrected chi connectivity index (χ3v) is 2.25. The molecule has 2 aromatic heterocycles. The summed E-state index contributed by atoms with van der Waals surface area (Å²) in [5.41, 5.74) is 1.06. The molecule has 0 radical (unpaired) electrons. The second kappa shape index (κ2) is 5.26. The molecule has 0 aromatic carbocycles. The van der Waals surface area contributed by atoms with E-state index < -0.39 is 0 Å². The molecule has 0 aliphatic carbocycles. The number of hydrogen-bond donors (Lipinski definition) is 2. The van der Waals surface area contributed by atoms with Gasteiger partial charge in [0, 0.05) is 13.1 Å². The Labute approximate surface area is 104 Å². The lowest BCUT2D eigenvalue weighted by atomic mass is 10.3. The fraction of sp³-hybridized carbons (Fsp3) is 0.273. The van der Waals surface area contributed by atoms with Crippen LogP contribution in [0.4, 0.5) is 5.82 Å². The molecule has 2 heterocycles. The molecule has 0 aliphatic heterocycles. The van der Waals surface area contributed by atoms with Gasteiger partial charge in [0.2, 0.25) is 0 Å². The van der Waals surface area contributed by atoms with Gasteiger partial charge in [0.15, 0.2) is 5.69 Å². The molecule has 18 heavy (non-hydrogen) atoms. The number of aryl methyl sites for hydroxylation is 1. The van der Waals surface area contributed by atoms with Crippen LogP contribution >= 0.6 is 0 Å². The summed E-state index contributed by atoms with van der Waals surface area (Å²) in [5.74, 6) is 1.07. The van der Waals surface area contributed by atoms with Gasteiger partial charge in [0.05, 0.1) is 6.54 Å². The summed E-state index contributed by atoms with van der Waals surface area (Å²) in [6.45, 7) is 2.32. The third-order valence-electron chi connectivity index (χ3n) is 2.25. The van der Waals surface area contributed by atoms with Crippen molar-refractivity contribution in [3.8, 4) is 0 Å². The zero-order chi connectivity index (χ0) is 13.0. The summed E-state index contributed by atoms with van der Waals surface area (Å²) in [7, 11) is 1.54. The summed E-state index contributed by atoms with van der Waals surface area (Å²) in [5, 5.41) is 17.0. The van der Waals surface area contributed by atoms with Crippen LogP contribution in [0.15, 0.2) is 22.7 Å².